The van der Waals surface area contributed by atoms with E-state index in [0.717, 1.165) is 16.6 Å². The van der Waals surface area contributed by atoms with Crippen LogP contribution in [-0.4, -0.2) is 41.9 Å². The zero-order valence-electron chi connectivity index (χ0n) is 17.2. The smallest absolute Gasteiger partial charge is 0.258 e. The van der Waals surface area contributed by atoms with Gasteiger partial charge in [0, 0.05) is 49.1 Å². The second-order valence-electron chi connectivity index (χ2n) is 8.12. The number of hydrogen-bond donors (Lipinski definition) is 2. The van der Waals surface area contributed by atoms with Crippen molar-refractivity contribution in [3.8, 4) is 11.3 Å². The summed E-state index contributed by atoms with van der Waals surface area (Å²) in [7, 11) is 1.83. The van der Waals surface area contributed by atoms with E-state index in [9.17, 15) is 9.90 Å². The normalized spacial score (nSPS) is 11.7. The molecule has 1 amide bonds. The number of nitrogens with one attached hydrogen (secondary N) is 1. The number of aromatic nitrogens is 5. The van der Waals surface area contributed by atoms with Crippen LogP contribution in [0.3, 0.4) is 0 Å². The summed E-state index contributed by atoms with van der Waals surface area (Å²) >= 11 is 0. The third-order valence-electron chi connectivity index (χ3n) is 4.92. The summed E-state index contributed by atoms with van der Waals surface area (Å²) < 4.78 is 3.63. The Hall–Kier alpha value is -3.52. The van der Waals surface area contributed by atoms with Gasteiger partial charge in [-0.3, -0.25) is 19.8 Å². The Morgan fingerprint density at radius 1 is 1.23 bits per heavy atom. The van der Waals surface area contributed by atoms with Crippen LogP contribution in [0, 0.1) is 5.41 Å². The lowest BCUT2D eigenvalue weighted by Gasteiger charge is -2.23. The maximum absolute atomic E-state index is 13.0. The van der Waals surface area contributed by atoms with Gasteiger partial charge in [-0.05, 0) is 24.3 Å². The first kappa shape index (κ1) is 19.8. The SMILES string of the molecule is Cn1cc(-c2cc(C(=O)Nc3nc4ccccc4n3CC(C)(C)CO)ccn2)cn1. The molecule has 0 spiro atoms. The van der Waals surface area contributed by atoms with Gasteiger partial charge in [0.25, 0.3) is 5.91 Å². The highest BCUT2D eigenvalue weighted by molar-refractivity contribution is 6.04. The molecule has 0 aliphatic rings. The third kappa shape index (κ3) is 3.95. The first-order valence-corrected chi connectivity index (χ1v) is 9.69. The number of benzene rings is 1. The number of aliphatic hydroxyl groups is 1. The number of carbonyl (C=O) groups is 1. The number of nitrogens with zero attached hydrogens (tertiary/aromatic N) is 5. The highest BCUT2D eigenvalue weighted by Crippen LogP contribution is 2.26. The number of hydrogen-bond acceptors (Lipinski definition) is 5. The van der Waals surface area contributed by atoms with Crippen LogP contribution >= 0.6 is 0 Å². The fraction of sp³-hybridized carbons (Fsp3) is 0.273. The van der Waals surface area contributed by atoms with Crippen molar-refractivity contribution in [1.29, 1.82) is 0 Å². The first-order valence-electron chi connectivity index (χ1n) is 9.69. The molecule has 0 aliphatic heterocycles. The minimum absolute atomic E-state index is 0.0196. The van der Waals surface area contributed by atoms with E-state index in [1.54, 1.807) is 29.2 Å². The largest absolute Gasteiger partial charge is 0.396 e. The van der Waals surface area contributed by atoms with E-state index in [1.165, 1.54) is 0 Å². The molecule has 4 rings (SSSR count). The number of amides is 1. The third-order valence-corrected chi connectivity index (χ3v) is 4.92. The molecule has 4 aromatic rings. The molecule has 154 valence electrons. The Morgan fingerprint density at radius 3 is 2.77 bits per heavy atom. The highest BCUT2D eigenvalue weighted by Gasteiger charge is 2.22. The van der Waals surface area contributed by atoms with E-state index in [2.05, 4.69) is 20.4 Å². The number of carbonyl (C=O) groups excluding carboxylic acids is 1. The summed E-state index contributed by atoms with van der Waals surface area (Å²) in [4.78, 5) is 21.9. The standard InChI is InChI=1S/C22H24N6O2/c1-22(2,14-29)13-28-19-7-5-4-6-17(19)25-21(28)26-20(30)15-8-9-23-18(10-15)16-11-24-27(3)12-16/h4-12,29H,13-14H2,1-3H3,(H,25,26,30). The van der Waals surface area contributed by atoms with Gasteiger partial charge < -0.3 is 9.67 Å². The summed E-state index contributed by atoms with van der Waals surface area (Å²) in [6.07, 6.45) is 5.16. The fourth-order valence-corrected chi connectivity index (χ4v) is 3.27. The van der Waals surface area contributed by atoms with Crippen molar-refractivity contribution in [3.63, 3.8) is 0 Å². The molecular formula is C22H24N6O2. The van der Waals surface area contributed by atoms with Gasteiger partial charge in [-0.15, -0.1) is 0 Å². The number of aryl methyl sites for hydroxylation is 1. The molecule has 0 saturated heterocycles. The van der Waals surface area contributed by atoms with Crippen LogP contribution in [0.4, 0.5) is 5.95 Å². The number of anilines is 1. The Kier molecular flexibility index (Phi) is 5.09. The Bertz CT molecular complexity index is 1210. The number of fused-ring (bicyclic) bond motifs is 1. The predicted octanol–water partition coefficient (Wildman–Crippen LogP) is 3.10. The average Bonchev–Trinajstić information content (AvgIpc) is 3.32. The minimum Gasteiger partial charge on any atom is -0.396 e. The maximum Gasteiger partial charge on any atom is 0.258 e. The van der Waals surface area contributed by atoms with Gasteiger partial charge in [-0.1, -0.05) is 26.0 Å². The zero-order chi connectivity index (χ0) is 21.3. The molecule has 2 N–H and O–H groups in total. The number of para-hydroxylation sites is 2. The summed E-state index contributed by atoms with van der Waals surface area (Å²) in [6.45, 7) is 4.47. The van der Waals surface area contributed by atoms with Crippen LogP contribution < -0.4 is 5.32 Å². The first-order chi connectivity index (χ1) is 14.4. The lowest BCUT2D eigenvalue weighted by atomic mass is 9.95. The number of rotatable bonds is 6. The fourth-order valence-electron chi connectivity index (χ4n) is 3.27. The molecule has 0 aliphatic carbocycles. The van der Waals surface area contributed by atoms with Crippen LogP contribution in [-0.2, 0) is 13.6 Å². The predicted molar refractivity (Wildman–Crippen MR) is 115 cm³/mol. The van der Waals surface area contributed by atoms with E-state index in [1.807, 2.05) is 55.9 Å². The molecule has 0 atom stereocenters. The lowest BCUT2D eigenvalue weighted by molar-refractivity contribution is 0.102. The maximum atomic E-state index is 13.0. The van der Waals surface area contributed by atoms with Gasteiger partial charge in [0.15, 0.2) is 0 Å². The minimum atomic E-state index is -0.368. The summed E-state index contributed by atoms with van der Waals surface area (Å²) in [5.74, 6) is 0.170. The van der Waals surface area contributed by atoms with E-state index in [4.69, 9.17) is 0 Å². The van der Waals surface area contributed by atoms with E-state index >= 15 is 0 Å². The van der Waals surface area contributed by atoms with Crippen molar-refractivity contribution in [1.82, 2.24) is 24.3 Å². The Labute approximate surface area is 174 Å². The molecule has 3 heterocycles. The van der Waals surface area contributed by atoms with E-state index < -0.39 is 0 Å². The van der Waals surface area contributed by atoms with Crippen molar-refractivity contribution in [2.45, 2.75) is 20.4 Å². The van der Waals surface area contributed by atoms with Crippen LogP contribution in [0.15, 0.2) is 55.0 Å². The molecule has 1 aromatic carbocycles. The molecule has 0 bridgehead atoms. The van der Waals surface area contributed by atoms with Crippen LogP contribution in [0.25, 0.3) is 22.3 Å². The van der Waals surface area contributed by atoms with Crippen LogP contribution in [0.5, 0.6) is 0 Å². The van der Waals surface area contributed by atoms with Crippen molar-refractivity contribution < 1.29 is 9.90 Å². The summed E-state index contributed by atoms with van der Waals surface area (Å²) in [6, 6.07) is 11.1. The summed E-state index contributed by atoms with van der Waals surface area (Å²) in [5, 5.41) is 16.8. The van der Waals surface area contributed by atoms with Gasteiger partial charge >= 0.3 is 0 Å². The lowest BCUT2D eigenvalue weighted by Crippen LogP contribution is -2.25. The molecule has 8 nitrogen and oxygen atoms in total. The van der Waals surface area contributed by atoms with E-state index in [0.29, 0.717) is 23.8 Å². The van der Waals surface area contributed by atoms with Crippen molar-refractivity contribution in [2.24, 2.45) is 12.5 Å². The number of aliphatic hydroxyl groups excluding tert-OH is 1. The van der Waals surface area contributed by atoms with Gasteiger partial charge in [-0.25, -0.2) is 4.98 Å². The Balaban J connectivity index is 1.67. The molecule has 0 unspecified atom stereocenters. The zero-order valence-corrected chi connectivity index (χ0v) is 17.2. The van der Waals surface area contributed by atoms with E-state index in [-0.39, 0.29) is 17.9 Å². The van der Waals surface area contributed by atoms with Crippen molar-refractivity contribution in [3.05, 3.63) is 60.6 Å². The molecular weight excluding hydrogens is 380 g/mol. The molecule has 3 aromatic heterocycles. The van der Waals surface area contributed by atoms with Crippen LogP contribution in [0.2, 0.25) is 0 Å². The Morgan fingerprint density at radius 2 is 2.03 bits per heavy atom. The highest BCUT2D eigenvalue weighted by atomic mass is 16.3. The van der Waals surface area contributed by atoms with Crippen molar-refractivity contribution >= 4 is 22.9 Å². The second-order valence-corrected chi connectivity index (χ2v) is 8.12. The molecule has 0 fully saturated rings. The summed E-state index contributed by atoms with van der Waals surface area (Å²) in [5.41, 5.74) is 3.30. The monoisotopic (exact) mass is 404 g/mol. The topological polar surface area (TPSA) is 97.9 Å². The van der Waals surface area contributed by atoms with Crippen LogP contribution in [0.1, 0.15) is 24.2 Å². The quantitative estimate of drug-likeness (QED) is 0.515. The molecule has 0 radical (unpaired) electrons. The molecule has 0 saturated carbocycles. The van der Waals surface area contributed by atoms with Gasteiger partial charge in [-0.2, -0.15) is 5.10 Å². The number of imidazole rings is 1. The average molecular weight is 404 g/mol. The number of pyridine rings is 1. The second kappa shape index (κ2) is 7.72. The van der Waals surface area contributed by atoms with Gasteiger partial charge in [0.2, 0.25) is 5.95 Å². The molecule has 30 heavy (non-hydrogen) atoms. The van der Waals surface area contributed by atoms with Gasteiger partial charge in [0.05, 0.1) is 22.9 Å². The van der Waals surface area contributed by atoms with Crippen molar-refractivity contribution in [2.75, 3.05) is 11.9 Å². The molecule has 8 heteroatoms. The van der Waals surface area contributed by atoms with Gasteiger partial charge in [0.1, 0.15) is 0 Å².